The number of anilines is 2. The van der Waals surface area contributed by atoms with E-state index in [1.54, 1.807) is 0 Å². The summed E-state index contributed by atoms with van der Waals surface area (Å²) in [6, 6.07) is 17.7. The molecule has 0 spiro atoms. The van der Waals surface area contributed by atoms with Crippen molar-refractivity contribution in [3.63, 3.8) is 0 Å². The zero-order chi connectivity index (χ0) is 15.6. The predicted octanol–water partition coefficient (Wildman–Crippen LogP) is 4.33. The van der Waals surface area contributed by atoms with E-state index in [4.69, 9.17) is 5.41 Å². The van der Waals surface area contributed by atoms with Crippen LogP contribution in [0.1, 0.15) is 21.5 Å². The summed E-state index contributed by atoms with van der Waals surface area (Å²) in [6.45, 7) is 0.690. The van der Waals surface area contributed by atoms with E-state index >= 15 is 0 Å². The Kier molecular flexibility index (Phi) is 3.21. The fourth-order valence-electron chi connectivity index (χ4n) is 3.60. The molecule has 1 amide bonds. The van der Waals surface area contributed by atoms with Crippen molar-refractivity contribution in [3.05, 3.63) is 71.3 Å². The van der Waals surface area contributed by atoms with Gasteiger partial charge < -0.3 is 10.2 Å². The van der Waals surface area contributed by atoms with Crippen molar-refractivity contribution >= 4 is 50.9 Å². The van der Waals surface area contributed by atoms with E-state index in [1.165, 1.54) is 0 Å². The lowest BCUT2D eigenvalue weighted by molar-refractivity contribution is 0.103. The Morgan fingerprint density at radius 2 is 1.75 bits per heavy atom. The Hall–Kier alpha value is -2.66. The van der Waals surface area contributed by atoms with Gasteiger partial charge in [-0.3, -0.25) is 10.2 Å². The number of benzene rings is 3. The largest absolute Gasteiger partial charge is 0.321 e. The molecule has 2 aliphatic rings. The number of nitrogens with one attached hydrogen (secondary N) is 2. The topological polar surface area (TPSA) is 56.2 Å². The number of carbonyl (C=O) groups is 1. The third-order valence-electron chi connectivity index (χ3n) is 4.67. The molecule has 2 heterocycles. The second kappa shape index (κ2) is 5.18. The number of amides is 1. The molecular weight excluding hydrogens is 366 g/mol. The quantitative estimate of drug-likeness (QED) is 0.660. The van der Waals surface area contributed by atoms with Crippen LogP contribution in [0.3, 0.4) is 0 Å². The van der Waals surface area contributed by atoms with Crippen molar-refractivity contribution in [2.45, 2.75) is 6.54 Å². The Morgan fingerprint density at radius 1 is 0.958 bits per heavy atom. The monoisotopic (exact) mass is 379 g/mol. The van der Waals surface area contributed by atoms with Crippen molar-refractivity contribution in [1.82, 2.24) is 0 Å². The van der Waals surface area contributed by atoms with Crippen LogP contribution in [0.4, 0.5) is 11.4 Å². The molecule has 118 valence electrons. The summed E-state index contributed by atoms with van der Waals surface area (Å²) < 4.78 is 0. The summed E-state index contributed by atoms with van der Waals surface area (Å²) in [5.41, 5.74) is 4.68. The minimum Gasteiger partial charge on any atom is -0.321 e. The summed E-state index contributed by atoms with van der Waals surface area (Å²) in [7, 11) is 0. The minimum absolute atomic E-state index is 0. The lowest BCUT2D eigenvalue weighted by Gasteiger charge is -2.20. The fourth-order valence-corrected chi connectivity index (χ4v) is 3.60. The average molecular weight is 380 g/mol. The summed E-state index contributed by atoms with van der Waals surface area (Å²) in [5.74, 6) is 0.459. The lowest BCUT2D eigenvalue weighted by Crippen LogP contribution is -2.23. The zero-order valence-electron chi connectivity index (χ0n) is 12.7. The van der Waals surface area contributed by atoms with Gasteiger partial charge in [0.05, 0.1) is 12.2 Å². The molecule has 4 nitrogen and oxygen atoms in total. The van der Waals surface area contributed by atoms with E-state index in [2.05, 4.69) is 11.4 Å². The van der Waals surface area contributed by atoms with Crippen molar-refractivity contribution in [1.29, 1.82) is 5.41 Å². The minimum atomic E-state index is -0.0532. The molecule has 2 aliphatic heterocycles. The van der Waals surface area contributed by atoms with E-state index in [-0.39, 0.29) is 22.9 Å². The third kappa shape index (κ3) is 1.85. The first-order valence-corrected chi connectivity index (χ1v) is 7.55. The first kappa shape index (κ1) is 14.9. The Morgan fingerprint density at radius 3 is 2.58 bits per heavy atom. The summed E-state index contributed by atoms with van der Waals surface area (Å²) in [4.78, 5) is 14.1. The SMILES string of the molecule is Br.N=C1c2ccccc2CN1c1ccc2c3c(cccc13)C(=O)N2. The van der Waals surface area contributed by atoms with Crippen LogP contribution in [0, 0.1) is 5.41 Å². The van der Waals surface area contributed by atoms with Crippen molar-refractivity contribution in [3.8, 4) is 0 Å². The molecule has 5 rings (SSSR count). The molecule has 24 heavy (non-hydrogen) atoms. The molecule has 0 unspecified atom stereocenters. The van der Waals surface area contributed by atoms with Crippen LogP contribution in [0.15, 0.2) is 54.6 Å². The molecule has 3 aromatic carbocycles. The number of rotatable bonds is 1. The van der Waals surface area contributed by atoms with Gasteiger partial charge in [0.15, 0.2) is 0 Å². The van der Waals surface area contributed by atoms with Crippen LogP contribution >= 0.6 is 17.0 Å². The second-order valence-electron chi connectivity index (χ2n) is 5.91. The van der Waals surface area contributed by atoms with Crippen molar-refractivity contribution < 1.29 is 4.79 Å². The van der Waals surface area contributed by atoms with E-state index in [1.807, 2.05) is 53.4 Å². The highest BCUT2D eigenvalue weighted by Crippen LogP contribution is 2.40. The number of nitrogens with zero attached hydrogens (tertiary/aromatic N) is 1. The van der Waals surface area contributed by atoms with Gasteiger partial charge in [-0.1, -0.05) is 36.4 Å². The summed E-state index contributed by atoms with van der Waals surface area (Å²) >= 11 is 0. The van der Waals surface area contributed by atoms with E-state index in [0.717, 1.165) is 33.3 Å². The zero-order valence-corrected chi connectivity index (χ0v) is 14.4. The van der Waals surface area contributed by atoms with Gasteiger partial charge in [-0.2, -0.15) is 0 Å². The smallest absolute Gasteiger partial charge is 0.256 e. The van der Waals surface area contributed by atoms with Crippen LogP contribution in [-0.2, 0) is 6.54 Å². The number of halogens is 1. The Balaban J connectivity index is 0.00000146. The van der Waals surface area contributed by atoms with Gasteiger partial charge in [0.1, 0.15) is 5.84 Å². The Bertz CT molecular complexity index is 1030. The molecule has 0 radical (unpaired) electrons. The van der Waals surface area contributed by atoms with Crippen LogP contribution in [0.2, 0.25) is 0 Å². The number of carbonyl (C=O) groups excluding carboxylic acids is 1. The standard InChI is InChI=1S/C19H13N3O.BrH/c20-18-12-5-2-1-4-11(12)10-22(18)16-9-8-15-17-13(16)6-3-7-14(17)19(23)21-15;/h1-9,20H,10H2,(H,21,23);1H. The van der Waals surface area contributed by atoms with Crippen molar-refractivity contribution in [2.24, 2.45) is 0 Å². The maximum atomic E-state index is 12.1. The van der Waals surface area contributed by atoms with Crippen LogP contribution in [0.5, 0.6) is 0 Å². The lowest BCUT2D eigenvalue weighted by atomic mass is 10.0. The molecular formula is C19H14BrN3O. The number of amidine groups is 1. The maximum absolute atomic E-state index is 12.1. The van der Waals surface area contributed by atoms with Gasteiger partial charge in [0, 0.05) is 27.6 Å². The number of hydrogen-bond donors (Lipinski definition) is 2. The molecule has 0 atom stereocenters. The van der Waals surface area contributed by atoms with Gasteiger partial charge in [0.25, 0.3) is 5.91 Å². The van der Waals surface area contributed by atoms with Crippen LogP contribution in [0.25, 0.3) is 10.8 Å². The van der Waals surface area contributed by atoms with Gasteiger partial charge in [0.2, 0.25) is 0 Å². The Labute approximate surface area is 149 Å². The molecule has 0 saturated heterocycles. The molecule has 0 bridgehead atoms. The van der Waals surface area contributed by atoms with Crippen LogP contribution < -0.4 is 10.2 Å². The second-order valence-corrected chi connectivity index (χ2v) is 5.91. The average Bonchev–Trinajstić information content (AvgIpc) is 3.08. The highest BCUT2D eigenvalue weighted by atomic mass is 79.9. The van der Waals surface area contributed by atoms with Gasteiger partial charge in [-0.15, -0.1) is 17.0 Å². The fraction of sp³-hybridized carbons (Fsp3) is 0.0526. The molecule has 0 aliphatic carbocycles. The molecule has 0 saturated carbocycles. The predicted molar refractivity (Wildman–Crippen MR) is 102 cm³/mol. The highest BCUT2D eigenvalue weighted by Gasteiger charge is 2.28. The van der Waals surface area contributed by atoms with E-state index < -0.39 is 0 Å². The molecule has 2 N–H and O–H groups in total. The number of fused-ring (bicyclic) bond motifs is 1. The number of hydrogen-bond acceptors (Lipinski definition) is 2. The summed E-state index contributed by atoms with van der Waals surface area (Å²) in [6.07, 6.45) is 0. The van der Waals surface area contributed by atoms with Gasteiger partial charge in [-0.25, -0.2) is 0 Å². The van der Waals surface area contributed by atoms with Crippen molar-refractivity contribution in [2.75, 3.05) is 10.2 Å². The first-order valence-electron chi connectivity index (χ1n) is 7.55. The first-order chi connectivity index (χ1) is 11.2. The molecule has 5 heteroatoms. The summed E-state index contributed by atoms with van der Waals surface area (Å²) in [5, 5.41) is 13.4. The molecule has 0 fully saturated rings. The maximum Gasteiger partial charge on any atom is 0.256 e. The van der Waals surface area contributed by atoms with Gasteiger partial charge in [-0.05, 0) is 23.8 Å². The normalized spacial score (nSPS) is 14.6. The van der Waals surface area contributed by atoms with Gasteiger partial charge >= 0.3 is 0 Å². The van der Waals surface area contributed by atoms with E-state index in [0.29, 0.717) is 17.9 Å². The molecule has 0 aromatic heterocycles. The molecule has 3 aromatic rings. The third-order valence-corrected chi connectivity index (χ3v) is 4.67. The van der Waals surface area contributed by atoms with E-state index in [9.17, 15) is 4.79 Å². The van der Waals surface area contributed by atoms with Crippen LogP contribution in [-0.4, -0.2) is 11.7 Å². The highest BCUT2D eigenvalue weighted by molar-refractivity contribution is 8.93.